The van der Waals surface area contributed by atoms with Crippen LogP contribution >= 0.6 is 0 Å². The highest BCUT2D eigenvalue weighted by atomic mass is 15.0. The van der Waals surface area contributed by atoms with E-state index in [1.807, 2.05) is 36.4 Å². The van der Waals surface area contributed by atoms with Crippen molar-refractivity contribution in [2.24, 2.45) is 0 Å². The normalized spacial score (nSPS) is 10.5. The van der Waals surface area contributed by atoms with E-state index in [9.17, 15) is 10.5 Å². The predicted molar refractivity (Wildman–Crippen MR) is 120 cm³/mol. The third-order valence-electron chi connectivity index (χ3n) is 4.97. The fourth-order valence-electron chi connectivity index (χ4n) is 3.24. The van der Waals surface area contributed by atoms with Gasteiger partial charge in [0.15, 0.2) is 17.5 Å². The van der Waals surface area contributed by atoms with Crippen molar-refractivity contribution in [1.82, 2.24) is 15.0 Å². The lowest BCUT2D eigenvalue weighted by Crippen LogP contribution is -2.00. The van der Waals surface area contributed by atoms with Gasteiger partial charge in [0.05, 0.1) is 23.3 Å². The van der Waals surface area contributed by atoms with Crippen LogP contribution in [0.15, 0.2) is 72.8 Å². The quantitative estimate of drug-likeness (QED) is 0.435. The molecule has 0 unspecified atom stereocenters. The minimum absolute atomic E-state index is 0.431. The molecule has 0 fully saturated rings. The van der Waals surface area contributed by atoms with Gasteiger partial charge in [0.2, 0.25) is 0 Å². The smallest absolute Gasteiger partial charge is 0.164 e. The van der Waals surface area contributed by atoms with E-state index in [0.717, 1.165) is 16.7 Å². The second-order valence-corrected chi connectivity index (χ2v) is 7.47. The largest absolute Gasteiger partial charge is 0.208 e. The maximum atomic E-state index is 9.27. The van der Waals surface area contributed by atoms with Crippen LogP contribution in [-0.2, 0) is 0 Å². The van der Waals surface area contributed by atoms with Gasteiger partial charge in [-0.2, -0.15) is 10.5 Å². The highest BCUT2D eigenvalue weighted by Gasteiger charge is 2.13. The summed E-state index contributed by atoms with van der Waals surface area (Å²) >= 11 is 0. The lowest BCUT2D eigenvalue weighted by atomic mass is 10.0. The van der Waals surface area contributed by atoms with E-state index >= 15 is 0 Å². The Morgan fingerprint density at radius 2 is 1.06 bits per heavy atom. The fraction of sp³-hybridized carbons (Fsp3) is 0.115. The maximum absolute atomic E-state index is 9.27. The Balaban J connectivity index is 1.90. The van der Waals surface area contributed by atoms with E-state index in [2.05, 4.69) is 43.1 Å². The van der Waals surface area contributed by atoms with Crippen LogP contribution in [0.25, 0.3) is 34.2 Å². The van der Waals surface area contributed by atoms with Crippen LogP contribution < -0.4 is 0 Å². The van der Waals surface area contributed by atoms with Crippen LogP contribution in [0, 0.1) is 22.7 Å². The molecule has 0 N–H and O–H groups in total. The summed E-state index contributed by atoms with van der Waals surface area (Å²) in [4.78, 5) is 14.0. The van der Waals surface area contributed by atoms with Crippen LogP contribution in [0.3, 0.4) is 0 Å². The molecule has 0 bridgehead atoms. The molecule has 5 nitrogen and oxygen atoms in total. The van der Waals surface area contributed by atoms with Crippen molar-refractivity contribution in [2.75, 3.05) is 0 Å². The van der Waals surface area contributed by atoms with E-state index in [0.29, 0.717) is 34.5 Å². The summed E-state index contributed by atoms with van der Waals surface area (Å²) in [6.45, 7) is 4.30. The molecule has 4 rings (SSSR count). The van der Waals surface area contributed by atoms with E-state index < -0.39 is 0 Å². The first-order valence-corrected chi connectivity index (χ1v) is 9.95. The molecule has 0 saturated carbocycles. The average molecular weight is 401 g/mol. The Hall–Kier alpha value is -4.35. The van der Waals surface area contributed by atoms with Crippen molar-refractivity contribution in [2.45, 2.75) is 19.8 Å². The van der Waals surface area contributed by atoms with Gasteiger partial charge in [-0.1, -0.05) is 62.4 Å². The number of rotatable bonds is 4. The molecule has 0 saturated heterocycles. The molecule has 0 aliphatic rings. The van der Waals surface area contributed by atoms with Gasteiger partial charge in [-0.15, -0.1) is 0 Å². The Morgan fingerprint density at radius 1 is 0.613 bits per heavy atom. The first-order valence-electron chi connectivity index (χ1n) is 9.95. The number of hydrogen-bond acceptors (Lipinski definition) is 5. The molecule has 0 aliphatic carbocycles. The van der Waals surface area contributed by atoms with Gasteiger partial charge in [0, 0.05) is 16.7 Å². The molecule has 1 aromatic heterocycles. The Labute approximate surface area is 181 Å². The van der Waals surface area contributed by atoms with Crippen molar-refractivity contribution < 1.29 is 0 Å². The Kier molecular flexibility index (Phi) is 5.51. The number of benzene rings is 3. The van der Waals surface area contributed by atoms with Gasteiger partial charge in [0.1, 0.15) is 0 Å². The Bertz CT molecular complexity index is 1250. The summed E-state index contributed by atoms with van der Waals surface area (Å²) < 4.78 is 0. The lowest BCUT2D eigenvalue weighted by molar-refractivity contribution is 0.867. The second-order valence-electron chi connectivity index (χ2n) is 7.47. The van der Waals surface area contributed by atoms with Gasteiger partial charge < -0.3 is 0 Å². The topological polar surface area (TPSA) is 86.2 Å². The number of nitriles is 2. The van der Waals surface area contributed by atoms with Crippen LogP contribution in [0.4, 0.5) is 0 Å². The number of hydrogen-bond donors (Lipinski definition) is 0. The standard InChI is InChI=1S/C26H19N5/c1-17(2)20-9-11-21(12-10-20)24-29-25(22-7-3-5-18(13-22)15-27)31-26(30-24)23-8-4-6-19(14-23)16-28/h3-14,17H,1-2H3. The lowest BCUT2D eigenvalue weighted by Gasteiger charge is -2.10. The average Bonchev–Trinajstić information content (AvgIpc) is 2.84. The molecule has 0 aliphatic heterocycles. The molecule has 1 heterocycles. The van der Waals surface area contributed by atoms with Crippen molar-refractivity contribution in [1.29, 1.82) is 10.5 Å². The molecular formula is C26H19N5. The summed E-state index contributed by atoms with van der Waals surface area (Å²) in [5, 5.41) is 18.5. The second kappa shape index (κ2) is 8.57. The summed E-state index contributed by atoms with van der Waals surface area (Å²) in [6.07, 6.45) is 0. The monoisotopic (exact) mass is 401 g/mol. The van der Waals surface area contributed by atoms with E-state index in [1.54, 1.807) is 24.3 Å². The minimum Gasteiger partial charge on any atom is -0.208 e. The molecule has 0 atom stereocenters. The summed E-state index contributed by atoms with van der Waals surface area (Å²) in [5.74, 6) is 1.93. The summed E-state index contributed by atoms with van der Waals surface area (Å²) in [7, 11) is 0. The van der Waals surface area contributed by atoms with Crippen molar-refractivity contribution >= 4 is 0 Å². The zero-order chi connectivity index (χ0) is 21.8. The van der Waals surface area contributed by atoms with E-state index in [4.69, 9.17) is 9.97 Å². The van der Waals surface area contributed by atoms with E-state index in [-0.39, 0.29) is 0 Å². The van der Waals surface area contributed by atoms with Gasteiger partial charge >= 0.3 is 0 Å². The van der Waals surface area contributed by atoms with E-state index in [1.165, 1.54) is 5.56 Å². The fourth-order valence-corrected chi connectivity index (χ4v) is 3.24. The van der Waals surface area contributed by atoms with Gasteiger partial charge in [0.25, 0.3) is 0 Å². The Morgan fingerprint density at radius 3 is 1.48 bits per heavy atom. The first kappa shape index (κ1) is 19.9. The highest BCUT2D eigenvalue weighted by molar-refractivity contribution is 5.67. The molecule has 148 valence electrons. The molecule has 4 aromatic rings. The third-order valence-corrected chi connectivity index (χ3v) is 4.97. The third kappa shape index (κ3) is 4.32. The molecule has 0 spiro atoms. The molecule has 31 heavy (non-hydrogen) atoms. The van der Waals surface area contributed by atoms with Gasteiger partial charge in [-0.3, -0.25) is 0 Å². The van der Waals surface area contributed by atoms with Crippen LogP contribution in [-0.4, -0.2) is 15.0 Å². The van der Waals surface area contributed by atoms with Crippen LogP contribution in [0.5, 0.6) is 0 Å². The summed E-state index contributed by atoms with van der Waals surface area (Å²) in [6, 6.07) is 26.9. The van der Waals surface area contributed by atoms with Crippen LogP contribution in [0.1, 0.15) is 36.5 Å². The molecule has 0 radical (unpaired) electrons. The maximum Gasteiger partial charge on any atom is 0.164 e. The molecule has 5 heteroatoms. The zero-order valence-electron chi connectivity index (χ0n) is 17.2. The number of aromatic nitrogens is 3. The SMILES string of the molecule is CC(C)c1ccc(-c2nc(-c3cccc(C#N)c3)nc(-c3cccc(C#N)c3)n2)cc1. The predicted octanol–water partition coefficient (Wildman–Crippen LogP) is 5.74. The molecular weight excluding hydrogens is 382 g/mol. The number of nitrogens with zero attached hydrogens (tertiary/aromatic N) is 5. The first-order chi connectivity index (χ1) is 15.1. The summed E-state index contributed by atoms with van der Waals surface area (Å²) in [5.41, 5.74) is 4.66. The minimum atomic E-state index is 0.431. The molecule has 3 aromatic carbocycles. The molecule has 0 amide bonds. The van der Waals surface area contributed by atoms with Gasteiger partial charge in [-0.25, -0.2) is 15.0 Å². The highest BCUT2D eigenvalue weighted by Crippen LogP contribution is 2.26. The zero-order valence-corrected chi connectivity index (χ0v) is 17.2. The van der Waals surface area contributed by atoms with Crippen molar-refractivity contribution in [3.8, 4) is 46.3 Å². The van der Waals surface area contributed by atoms with Crippen molar-refractivity contribution in [3.63, 3.8) is 0 Å². The van der Waals surface area contributed by atoms with Gasteiger partial charge in [-0.05, 0) is 35.7 Å². The van der Waals surface area contributed by atoms with Crippen molar-refractivity contribution in [3.05, 3.63) is 89.5 Å². The van der Waals surface area contributed by atoms with Crippen LogP contribution in [0.2, 0.25) is 0 Å².